The zero-order chi connectivity index (χ0) is 14.8. The monoisotopic (exact) mass is 338 g/mol. The highest BCUT2D eigenvalue weighted by Crippen LogP contribution is 2.45. The maximum atomic E-state index is 11.9. The molecule has 1 aliphatic carbocycles. The third-order valence-electron chi connectivity index (χ3n) is 3.50. The van der Waals surface area contributed by atoms with Gasteiger partial charge in [-0.2, -0.15) is 0 Å². The average Bonchev–Trinajstić information content (AvgIpc) is 2.35. The predicted octanol–water partition coefficient (Wildman–Crippen LogP) is 3.40. The molecule has 0 aromatic heterocycles. The Kier molecular flexibility index (Phi) is 4.28. The van der Waals surface area contributed by atoms with Crippen molar-refractivity contribution < 1.29 is 19.4 Å². The molecule has 0 saturated heterocycles. The molecule has 4 nitrogen and oxygen atoms in total. The number of benzene rings is 1. The van der Waals surface area contributed by atoms with Crippen LogP contribution in [0.1, 0.15) is 31.2 Å². The zero-order valence-electron chi connectivity index (χ0n) is 10.9. The van der Waals surface area contributed by atoms with E-state index in [4.69, 9.17) is 9.84 Å². The Balaban J connectivity index is 2.08. The molecule has 5 heteroatoms. The van der Waals surface area contributed by atoms with E-state index < -0.39 is 17.5 Å². The lowest BCUT2D eigenvalue weighted by molar-refractivity contribution is -0.171. The molecule has 0 bridgehead atoms. The average molecular weight is 339 g/mol. The predicted molar refractivity (Wildman–Crippen MR) is 77.2 cm³/mol. The SMILES string of the molecule is C=C(CC(=O)OC1(c2ccc(Br)cc2)CCC1)C(=O)O. The number of carboxylic acid groups (broad SMARTS) is 1. The smallest absolute Gasteiger partial charge is 0.331 e. The second-order valence-electron chi connectivity index (χ2n) is 4.91. The fourth-order valence-corrected chi connectivity index (χ4v) is 2.47. The summed E-state index contributed by atoms with van der Waals surface area (Å²) in [5.74, 6) is -1.71. The van der Waals surface area contributed by atoms with E-state index in [1.54, 1.807) is 0 Å². The van der Waals surface area contributed by atoms with Crippen molar-refractivity contribution in [3.05, 3.63) is 46.5 Å². The molecular formula is C15H15BrO4. The van der Waals surface area contributed by atoms with Crippen molar-refractivity contribution in [2.24, 2.45) is 0 Å². The van der Waals surface area contributed by atoms with Crippen LogP contribution in [-0.4, -0.2) is 17.0 Å². The Morgan fingerprint density at radius 1 is 1.30 bits per heavy atom. The molecule has 0 amide bonds. The Morgan fingerprint density at radius 2 is 1.90 bits per heavy atom. The van der Waals surface area contributed by atoms with Gasteiger partial charge in [0.25, 0.3) is 0 Å². The van der Waals surface area contributed by atoms with Gasteiger partial charge in [0.05, 0.1) is 6.42 Å². The third kappa shape index (κ3) is 3.10. The van der Waals surface area contributed by atoms with E-state index >= 15 is 0 Å². The molecule has 0 spiro atoms. The van der Waals surface area contributed by atoms with Crippen LogP contribution < -0.4 is 0 Å². The Hall–Kier alpha value is -1.62. The molecule has 106 valence electrons. The van der Waals surface area contributed by atoms with E-state index in [2.05, 4.69) is 22.5 Å². The maximum absolute atomic E-state index is 11.9. The third-order valence-corrected chi connectivity index (χ3v) is 4.03. The quantitative estimate of drug-likeness (QED) is 0.660. The van der Waals surface area contributed by atoms with Gasteiger partial charge in [0, 0.05) is 10.0 Å². The van der Waals surface area contributed by atoms with E-state index in [0.29, 0.717) is 0 Å². The minimum atomic E-state index is -1.17. The minimum Gasteiger partial charge on any atom is -0.478 e. The number of ether oxygens (including phenoxy) is 1. The van der Waals surface area contributed by atoms with Crippen molar-refractivity contribution in [2.45, 2.75) is 31.3 Å². The van der Waals surface area contributed by atoms with Crippen LogP contribution in [0, 0.1) is 0 Å². The molecule has 0 unspecified atom stereocenters. The first-order valence-electron chi connectivity index (χ1n) is 6.32. The molecule has 20 heavy (non-hydrogen) atoms. The van der Waals surface area contributed by atoms with Gasteiger partial charge in [-0.05, 0) is 37.0 Å². The van der Waals surface area contributed by atoms with Gasteiger partial charge >= 0.3 is 11.9 Å². The van der Waals surface area contributed by atoms with Crippen LogP contribution >= 0.6 is 15.9 Å². The van der Waals surface area contributed by atoms with E-state index in [1.807, 2.05) is 24.3 Å². The van der Waals surface area contributed by atoms with Crippen LogP contribution in [0.4, 0.5) is 0 Å². The molecule has 1 aromatic rings. The number of rotatable bonds is 5. The number of carbonyl (C=O) groups is 2. The first-order valence-corrected chi connectivity index (χ1v) is 7.11. The molecule has 0 atom stereocenters. The number of hydrogen-bond donors (Lipinski definition) is 1. The van der Waals surface area contributed by atoms with Crippen LogP contribution in [0.5, 0.6) is 0 Å². The van der Waals surface area contributed by atoms with Crippen LogP contribution in [0.25, 0.3) is 0 Å². The molecule has 1 aliphatic rings. The number of carbonyl (C=O) groups excluding carboxylic acids is 1. The van der Waals surface area contributed by atoms with Gasteiger partial charge in [0.1, 0.15) is 5.60 Å². The first-order chi connectivity index (χ1) is 9.43. The molecule has 0 heterocycles. The Morgan fingerprint density at radius 3 is 2.35 bits per heavy atom. The highest BCUT2D eigenvalue weighted by Gasteiger charge is 2.42. The zero-order valence-corrected chi connectivity index (χ0v) is 12.5. The molecule has 1 saturated carbocycles. The second kappa shape index (κ2) is 5.79. The summed E-state index contributed by atoms with van der Waals surface area (Å²) in [5.41, 5.74) is 0.192. The van der Waals surface area contributed by atoms with Crippen molar-refractivity contribution in [3.63, 3.8) is 0 Å². The lowest BCUT2D eigenvalue weighted by atomic mass is 9.75. The van der Waals surface area contributed by atoms with Crippen LogP contribution in [-0.2, 0) is 19.9 Å². The first kappa shape index (κ1) is 14.8. The van der Waals surface area contributed by atoms with Gasteiger partial charge in [-0.1, -0.05) is 34.6 Å². The van der Waals surface area contributed by atoms with Gasteiger partial charge in [0.2, 0.25) is 0 Å². The van der Waals surface area contributed by atoms with E-state index in [0.717, 1.165) is 29.3 Å². The topological polar surface area (TPSA) is 63.6 Å². The maximum Gasteiger partial charge on any atom is 0.331 e. The highest BCUT2D eigenvalue weighted by molar-refractivity contribution is 9.10. The van der Waals surface area contributed by atoms with Gasteiger partial charge < -0.3 is 9.84 Å². The number of aliphatic carboxylic acids is 1. The summed E-state index contributed by atoms with van der Waals surface area (Å²) < 4.78 is 6.50. The summed E-state index contributed by atoms with van der Waals surface area (Å²) in [7, 11) is 0. The van der Waals surface area contributed by atoms with E-state index in [-0.39, 0.29) is 12.0 Å². The van der Waals surface area contributed by atoms with Crippen molar-refractivity contribution >= 4 is 27.9 Å². The Labute approximate surface area is 125 Å². The molecule has 0 aliphatic heterocycles. The van der Waals surface area contributed by atoms with Crippen LogP contribution in [0.2, 0.25) is 0 Å². The molecule has 0 radical (unpaired) electrons. The number of halogens is 1. The van der Waals surface area contributed by atoms with Crippen LogP contribution in [0.15, 0.2) is 40.9 Å². The number of hydrogen-bond acceptors (Lipinski definition) is 3. The highest BCUT2D eigenvalue weighted by atomic mass is 79.9. The molecule has 2 rings (SSSR count). The summed E-state index contributed by atoms with van der Waals surface area (Å²) in [6.07, 6.45) is 2.23. The van der Waals surface area contributed by atoms with Gasteiger partial charge in [-0.25, -0.2) is 4.79 Å². The molecule has 1 fully saturated rings. The van der Waals surface area contributed by atoms with Gasteiger partial charge in [-0.15, -0.1) is 0 Å². The molecular weight excluding hydrogens is 324 g/mol. The van der Waals surface area contributed by atoms with Gasteiger partial charge in [0.15, 0.2) is 0 Å². The second-order valence-corrected chi connectivity index (χ2v) is 5.83. The number of esters is 1. The number of carboxylic acids is 1. The normalized spacial score (nSPS) is 16.1. The van der Waals surface area contributed by atoms with Gasteiger partial charge in [-0.3, -0.25) is 4.79 Å². The Bertz CT molecular complexity index is 543. The lowest BCUT2D eigenvalue weighted by Crippen LogP contribution is -2.39. The summed E-state index contributed by atoms with van der Waals surface area (Å²) in [6.45, 7) is 3.35. The van der Waals surface area contributed by atoms with Crippen molar-refractivity contribution in [1.29, 1.82) is 0 Å². The summed E-state index contributed by atoms with van der Waals surface area (Å²) in [4.78, 5) is 22.5. The summed E-state index contributed by atoms with van der Waals surface area (Å²) in [5, 5.41) is 8.74. The van der Waals surface area contributed by atoms with E-state index in [9.17, 15) is 9.59 Å². The molecule has 1 N–H and O–H groups in total. The van der Waals surface area contributed by atoms with E-state index in [1.165, 1.54) is 0 Å². The summed E-state index contributed by atoms with van der Waals surface area (Å²) >= 11 is 3.37. The minimum absolute atomic E-state index is 0.153. The largest absolute Gasteiger partial charge is 0.478 e. The summed E-state index contributed by atoms with van der Waals surface area (Å²) in [6, 6.07) is 7.64. The fraction of sp³-hybridized carbons (Fsp3) is 0.333. The molecule has 1 aromatic carbocycles. The van der Waals surface area contributed by atoms with Crippen molar-refractivity contribution in [1.82, 2.24) is 0 Å². The van der Waals surface area contributed by atoms with Crippen molar-refractivity contribution in [2.75, 3.05) is 0 Å². The fourth-order valence-electron chi connectivity index (χ4n) is 2.21. The van der Waals surface area contributed by atoms with Crippen molar-refractivity contribution in [3.8, 4) is 0 Å². The van der Waals surface area contributed by atoms with Crippen LogP contribution in [0.3, 0.4) is 0 Å². The standard InChI is InChI=1S/C15H15BrO4/c1-10(14(18)19)9-13(17)20-15(7-2-8-15)11-3-5-12(16)6-4-11/h3-6H,1-2,7-9H2,(H,18,19). The lowest BCUT2D eigenvalue weighted by Gasteiger charge is -2.41.